The summed E-state index contributed by atoms with van der Waals surface area (Å²) < 4.78 is 2.26. The van der Waals surface area contributed by atoms with E-state index >= 15 is 0 Å². The van der Waals surface area contributed by atoms with Crippen LogP contribution in [0.3, 0.4) is 0 Å². The number of hydrogen-bond donors (Lipinski definition) is 0. The van der Waals surface area contributed by atoms with Gasteiger partial charge < -0.3 is 4.57 Å². The summed E-state index contributed by atoms with van der Waals surface area (Å²) in [5.74, 6) is 3.68. The molecule has 0 aliphatic heterocycles. The van der Waals surface area contributed by atoms with Gasteiger partial charge in [0.2, 0.25) is 0 Å². The van der Waals surface area contributed by atoms with Crippen LogP contribution in [0.5, 0.6) is 0 Å². The fourth-order valence-corrected chi connectivity index (χ4v) is 6.65. The van der Waals surface area contributed by atoms with E-state index in [1.807, 2.05) is 88.4 Å². The standard InChI is InChI=1S/C42H29N9/c1-24-45-25(2)48-41(47-24)34-15-18-40(37(21-34)42-49-26(3)46-27(4)50-42)51-38-16-13-32(30-9-5-28(22-43)6-10-30)19-35(38)36-20-33(14-17-39(36)51)31-11-7-29(23-44)8-12-31/h5-21H,1-4H3. The van der Waals surface area contributed by atoms with E-state index in [0.717, 1.165) is 60.9 Å². The van der Waals surface area contributed by atoms with Crippen LogP contribution in [-0.2, 0) is 0 Å². The highest BCUT2D eigenvalue weighted by molar-refractivity contribution is 6.12. The van der Waals surface area contributed by atoms with Gasteiger partial charge in [-0.15, -0.1) is 0 Å². The Balaban J connectivity index is 1.41. The fraction of sp³-hybridized carbons (Fsp3) is 0.0952. The second-order valence-corrected chi connectivity index (χ2v) is 12.4. The first-order chi connectivity index (χ1) is 24.8. The average Bonchev–Trinajstić information content (AvgIpc) is 3.46. The smallest absolute Gasteiger partial charge is 0.165 e. The molecule has 0 amide bonds. The minimum atomic E-state index is 0.553. The van der Waals surface area contributed by atoms with Crippen molar-refractivity contribution in [2.45, 2.75) is 27.7 Å². The van der Waals surface area contributed by atoms with Crippen molar-refractivity contribution in [3.63, 3.8) is 0 Å². The van der Waals surface area contributed by atoms with Crippen molar-refractivity contribution < 1.29 is 0 Å². The van der Waals surface area contributed by atoms with Crippen LogP contribution in [0.15, 0.2) is 103 Å². The molecule has 3 heterocycles. The lowest BCUT2D eigenvalue weighted by Crippen LogP contribution is -2.04. The Morgan fingerprint density at radius 1 is 0.431 bits per heavy atom. The number of aryl methyl sites for hydroxylation is 4. The van der Waals surface area contributed by atoms with E-state index in [9.17, 15) is 10.5 Å². The highest BCUT2D eigenvalue weighted by Gasteiger charge is 2.20. The molecular weight excluding hydrogens is 631 g/mol. The molecule has 0 aliphatic carbocycles. The van der Waals surface area contributed by atoms with Crippen LogP contribution < -0.4 is 0 Å². The van der Waals surface area contributed by atoms with Crippen LogP contribution in [0.1, 0.15) is 34.4 Å². The summed E-state index contributed by atoms with van der Waals surface area (Å²) in [5, 5.41) is 20.9. The maximum absolute atomic E-state index is 9.37. The molecule has 0 N–H and O–H groups in total. The Morgan fingerprint density at radius 2 is 0.843 bits per heavy atom. The fourth-order valence-electron chi connectivity index (χ4n) is 6.65. The second kappa shape index (κ2) is 12.4. The molecule has 5 aromatic carbocycles. The van der Waals surface area contributed by atoms with E-state index in [-0.39, 0.29) is 0 Å². The zero-order valence-electron chi connectivity index (χ0n) is 28.3. The first-order valence-corrected chi connectivity index (χ1v) is 16.4. The van der Waals surface area contributed by atoms with Gasteiger partial charge in [0.05, 0.1) is 40.0 Å². The number of fused-ring (bicyclic) bond motifs is 3. The van der Waals surface area contributed by atoms with Gasteiger partial charge in [0.1, 0.15) is 23.3 Å². The SMILES string of the molecule is Cc1nc(C)nc(-c2ccc(-n3c4ccc(-c5ccc(C#N)cc5)cc4c4cc(-c5ccc(C#N)cc5)ccc43)c(-c3nc(C)nc(C)n3)c2)n1. The molecule has 51 heavy (non-hydrogen) atoms. The molecule has 242 valence electrons. The normalized spacial score (nSPS) is 11.1. The molecule has 0 radical (unpaired) electrons. The molecule has 0 unspecified atom stereocenters. The van der Waals surface area contributed by atoms with E-state index in [0.29, 0.717) is 46.1 Å². The van der Waals surface area contributed by atoms with Gasteiger partial charge in [-0.25, -0.2) is 29.9 Å². The van der Waals surface area contributed by atoms with Gasteiger partial charge in [0.25, 0.3) is 0 Å². The first kappa shape index (κ1) is 31.2. The Labute approximate surface area is 294 Å². The average molecular weight is 660 g/mol. The maximum Gasteiger partial charge on any atom is 0.165 e. The predicted molar refractivity (Wildman–Crippen MR) is 198 cm³/mol. The third kappa shape index (κ3) is 5.73. The number of nitriles is 2. The van der Waals surface area contributed by atoms with Crippen LogP contribution in [0.25, 0.3) is 72.5 Å². The molecular formula is C42H29N9. The minimum Gasteiger partial charge on any atom is -0.308 e. The molecule has 9 nitrogen and oxygen atoms in total. The van der Waals surface area contributed by atoms with Gasteiger partial charge >= 0.3 is 0 Å². The van der Waals surface area contributed by atoms with E-state index in [1.165, 1.54) is 0 Å². The van der Waals surface area contributed by atoms with E-state index in [2.05, 4.69) is 79.1 Å². The van der Waals surface area contributed by atoms with E-state index in [4.69, 9.17) is 9.97 Å². The lowest BCUT2D eigenvalue weighted by molar-refractivity contribution is 0.924. The third-order valence-electron chi connectivity index (χ3n) is 8.91. The molecule has 0 saturated heterocycles. The molecule has 0 aliphatic rings. The van der Waals surface area contributed by atoms with Crippen molar-refractivity contribution in [3.05, 3.63) is 138 Å². The highest BCUT2D eigenvalue weighted by Crippen LogP contribution is 2.40. The highest BCUT2D eigenvalue weighted by atomic mass is 15.0. The summed E-state index contributed by atoms with van der Waals surface area (Å²) in [5.41, 5.74) is 9.87. The summed E-state index contributed by atoms with van der Waals surface area (Å²) in [7, 11) is 0. The van der Waals surface area contributed by atoms with Crippen LogP contribution in [-0.4, -0.2) is 34.5 Å². The first-order valence-electron chi connectivity index (χ1n) is 16.4. The van der Waals surface area contributed by atoms with Crippen molar-refractivity contribution in [1.82, 2.24) is 34.5 Å². The zero-order valence-corrected chi connectivity index (χ0v) is 28.3. The summed E-state index contributed by atoms with van der Waals surface area (Å²) in [6, 6.07) is 38.8. The van der Waals surface area contributed by atoms with Gasteiger partial charge in [-0.2, -0.15) is 10.5 Å². The largest absolute Gasteiger partial charge is 0.308 e. The molecule has 0 atom stereocenters. The maximum atomic E-state index is 9.37. The Hall–Kier alpha value is -7.10. The molecule has 0 fully saturated rings. The predicted octanol–water partition coefficient (Wildman–Crippen LogP) is 8.80. The topological polar surface area (TPSA) is 130 Å². The molecule has 8 aromatic rings. The molecule has 0 saturated carbocycles. The van der Waals surface area contributed by atoms with Crippen molar-refractivity contribution in [3.8, 4) is 62.9 Å². The van der Waals surface area contributed by atoms with Gasteiger partial charge in [0.15, 0.2) is 11.6 Å². The summed E-state index contributed by atoms with van der Waals surface area (Å²) in [6.45, 7) is 7.47. The van der Waals surface area contributed by atoms with Crippen LogP contribution >= 0.6 is 0 Å². The number of hydrogen-bond acceptors (Lipinski definition) is 8. The summed E-state index contributed by atoms with van der Waals surface area (Å²) in [4.78, 5) is 27.7. The van der Waals surface area contributed by atoms with E-state index < -0.39 is 0 Å². The van der Waals surface area contributed by atoms with Gasteiger partial charge in [-0.05, 0) is 117 Å². The van der Waals surface area contributed by atoms with Crippen molar-refractivity contribution in [2.24, 2.45) is 0 Å². The Morgan fingerprint density at radius 3 is 1.29 bits per heavy atom. The quantitative estimate of drug-likeness (QED) is 0.179. The van der Waals surface area contributed by atoms with Crippen molar-refractivity contribution >= 4 is 21.8 Å². The van der Waals surface area contributed by atoms with E-state index in [1.54, 1.807) is 0 Å². The second-order valence-electron chi connectivity index (χ2n) is 12.4. The number of aromatic nitrogens is 7. The lowest BCUT2D eigenvalue weighted by Gasteiger charge is -2.15. The lowest BCUT2D eigenvalue weighted by atomic mass is 9.99. The third-order valence-corrected chi connectivity index (χ3v) is 8.91. The number of rotatable bonds is 5. The van der Waals surface area contributed by atoms with Crippen molar-refractivity contribution in [1.29, 1.82) is 10.5 Å². The number of nitrogens with zero attached hydrogens (tertiary/aromatic N) is 9. The van der Waals surface area contributed by atoms with Crippen LogP contribution in [0.2, 0.25) is 0 Å². The summed E-state index contributed by atoms with van der Waals surface area (Å²) >= 11 is 0. The zero-order chi connectivity index (χ0) is 35.2. The molecule has 0 bridgehead atoms. The molecule has 9 heteroatoms. The Bertz CT molecular complexity index is 2590. The van der Waals surface area contributed by atoms with Gasteiger partial charge in [-0.1, -0.05) is 36.4 Å². The monoisotopic (exact) mass is 659 g/mol. The molecule has 3 aromatic heterocycles. The molecule has 0 spiro atoms. The number of benzene rings is 5. The van der Waals surface area contributed by atoms with Gasteiger partial charge in [0, 0.05) is 21.9 Å². The van der Waals surface area contributed by atoms with Crippen molar-refractivity contribution in [2.75, 3.05) is 0 Å². The minimum absolute atomic E-state index is 0.553. The molecule has 8 rings (SSSR count). The van der Waals surface area contributed by atoms with Crippen LogP contribution in [0.4, 0.5) is 0 Å². The van der Waals surface area contributed by atoms with Crippen LogP contribution in [0, 0.1) is 50.4 Å². The summed E-state index contributed by atoms with van der Waals surface area (Å²) in [6.07, 6.45) is 0. The Kier molecular flexibility index (Phi) is 7.59. The van der Waals surface area contributed by atoms with Gasteiger partial charge in [-0.3, -0.25) is 0 Å².